The van der Waals surface area contributed by atoms with Gasteiger partial charge in [0.25, 0.3) is 5.91 Å². The van der Waals surface area contributed by atoms with E-state index < -0.39 is 12.1 Å². The molecule has 1 aliphatic rings. The smallest absolute Gasteiger partial charge is 0.344 e. The monoisotopic (exact) mass is 474 g/mol. The van der Waals surface area contributed by atoms with E-state index in [1.807, 2.05) is 60.7 Å². The molecule has 1 fully saturated rings. The van der Waals surface area contributed by atoms with Gasteiger partial charge in [0.15, 0.2) is 22.8 Å². The van der Waals surface area contributed by atoms with Crippen molar-refractivity contribution in [1.29, 1.82) is 0 Å². The van der Waals surface area contributed by atoms with Crippen molar-refractivity contribution in [2.75, 3.05) is 12.0 Å². The highest BCUT2D eigenvalue weighted by Crippen LogP contribution is 2.38. The van der Waals surface area contributed by atoms with Gasteiger partial charge in [-0.15, -0.1) is 0 Å². The third-order valence-electron chi connectivity index (χ3n) is 4.94. The van der Waals surface area contributed by atoms with Crippen LogP contribution >= 0.6 is 11.8 Å². The molecule has 1 amide bonds. The van der Waals surface area contributed by atoms with E-state index in [4.69, 9.17) is 19.6 Å². The Labute approximate surface area is 201 Å². The number of anilines is 1. The predicted octanol–water partition coefficient (Wildman–Crippen LogP) is 5.36. The summed E-state index contributed by atoms with van der Waals surface area (Å²) in [5.74, 6) is -0.588. The third-order valence-corrected chi connectivity index (χ3v) is 5.91. The van der Waals surface area contributed by atoms with Crippen molar-refractivity contribution in [3.05, 3.63) is 89.3 Å². The van der Waals surface area contributed by atoms with E-state index in [-0.39, 0.29) is 5.91 Å². The number of rotatable bonds is 7. The largest absolute Gasteiger partial charge is 0.493 e. The van der Waals surface area contributed by atoms with E-state index in [9.17, 15) is 9.59 Å². The minimum absolute atomic E-state index is 0.190. The standard InChI is InChI=1S/C26H22N2O5S/c1-17(25(30)31)33-21-14-13-18(15-22(21)32-2)16-23-24(29)28(20-11-7-4-8-12-20)26(34-23)27-19-9-5-3-6-10-19/h3-17H,1-2H3,(H,30,31)/b23-16-,27-26?/t17-/m1/s1. The zero-order chi connectivity index (χ0) is 24.1. The van der Waals surface area contributed by atoms with Crippen molar-refractivity contribution in [3.8, 4) is 11.5 Å². The van der Waals surface area contributed by atoms with E-state index in [0.717, 1.165) is 11.4 Å². The zero-order valence-corrected chi connectivity index (χ0v) is 19.4. The number of methoxy groups -OCH3 is 1. The number of amides is 1. The van der Waals surface area contributed by atoms with Gasteiger partial charge in [-0.25, -0.2) is 9.79 Å². The number of benzene rings is 3. The minimum atomic E-state index is -1.08. The molecule has 8 heteroatoms. The van der Waals surface area contributed by atoms with E-state index in [1.54, 1.807) is 29.2 Å². The number of hydrogen-bond acceptors (Lipinski definition) is 6. The van der Waals surface area contributed by atoms with Gasteiger partial charge in [-0.05, 0) is 66.7 Å². The number of carboxylic acids is 1. The van der Waals surface area contributed by atoms with Crippen LogP contribution in [0.4, 0.5) is 11.4 Å². The van der Waals surface area contributed by atoms with Gasteiger partial charge in [0.05, 0.1) is 23.4 Å². The first-order valence-corrected chi connectivity index (χ1v) is 11.3. The Kier molecular flexibility index (Phi) is 6.98. The maximum atomic E-state index is 13.4. The van der Waals surface area contributed by atoms with Crippen molar-refractivity contribution in [3.63, 3.8) is 0 Å². The lowest BCUT2D eigenvalue weighted by Crippen LogP contribution is -2.28. The van der Waals surface area contributed by atoms with E-state index in [1.165, 1.54) is 25.8 Å². The Balaban J connectivity index is 1.69. The molecule has 4 rings (SSSR count). The van der Waals surface area contributed by atoms with E-state index >= 15 is 0 Å². The van der Waals surface area contributed by atoms with Gasteiger partial charge in [-0.3, -0.25) is 9.69 Å². The van der Waals surface area contributed by atoms with Crippen LogP contribution in [0.3, 0.4) is 0 Å². The molecule has 0 aromatic heterocycles. The summed E-state index contributed by atoms with van der Waals surface area (Å²) in [6, 6.07) is 23.9. The summed E-state index contributed by atoms with van der Waals surface area (Å²) in [6.45, 7) is 1.44. The van der Waals surface area contributed by atoms with Crippen LogP contribution in [-0.4, -0.2) is 35.4 Å². The fourth-order valence-electron chi connectivity index (χ4n) is 3.23. The lowest BCUT2D eigenvalue weighted by Gasteiger charge is -2.15. The number of carbonyl (C=O) groups is 2. The average molecular weight is 475 g/mol. The Morgan fingerprint density at radius 3 is 2.35 bits per heavy atom. The Morgan fingerprint density at radius 1 is 1.03 bits per heavy atom. The van der Waals surface area contributed by atoms with E-state index in [0.29, 0.717) is 27.1 Å². The number of nitrogens with zero attached hydrogens (tertiary/aromatic N) is 2. The molecule has 34 heavy (non-hydrogen) atoms. The molecule has 0 spiro atoms. The highest BCUT2D eigenvalue weighted by atomic mass is 32.2. The molecule has 1 atom stereocenters. The van der Waals surface area contributed by atoms with Crippen molar-refractivity contribution in [2.24, 2.45) is 4.99 Å². The molecule has 1 N–H and O–H groups in total. The summed E-state index contributed by atoms with van der Waals surface area (Å²) in [5, 5.41) is 9.65. The fraction of sp³-hybridized carbons (Fsp3) is 0.115. The SMILES string of the molecule is COc1cc(/C=C2\SC(=Nc3ccccc3)N(c3ccccc3)C2=O)ccc1O[C@H](C)C(=O)O. The first kappa shape index (κ1) is 23.1. The summed E-state index contributed by atoms with van der Waals surface area (Å²) in [6.07, 6.45) is 0.727. The number of amidine groups is 1. The van der Waals surface area contributed by atoms with Crippen molar-refractivity contribution in [1.82, 2.24) is 0 Å². The quantitative estimate of drug-likeness (QED) is 0.464. The maximum absolute atomic E-state index is 13.4. The van der Waals surface area contributed by atoms with Crippen LogP contribution in [0.5, 0.6) is 11.5 Å². The number of aliphatic imine (C=N–C) groups is 1. The summed E-state index contributed by atoms with van der Waals surface area (Å²) in [5.41, 5.74) is 2.18. The van der Waals surface area contributed by atoms with Crippen molar-refractivity contribution in [2.45, 2.75) is 13.0 Å². The molecule has 0 aliphatic carbocycles. The van der Waals surface area contributed by atoms with Crippen LogP contribution in [0.1, 0.15) is 12.5 Å². The van der Waals surface area contributed by atoms with Crippen LogP contribution in [0.2, 0.25) is 0 Å². The second-order valence-electron chi connectivity index (χ2n) is 7.33. The molecule has 0 unspecified atom stereocenters. The van der Waals surface area contributed by atoms with Gasteiger partial charge >= 0.3 is 5.97 Å². The minimum Gasteiger partial charge on any atom is -0.493 e. The topological polar surface area (TPSA) is 88.4 Å². The van der Waals surface area contributed by atoms with Gasteiger partial charge in [0.1, 0.15) is 0 Å². The normalized spacial score (nSPS) is 16.6. The molecule has 172 valence electrons. The van der Waals surface area contributed by atoms with Gasteiger partial charge in [0, 0.05) is 0 Å². The summed E-state index contributed by atoms with van der Waals surface area (Å²) < 4.78 is 10.8. The molecule has 3 aromatic rings. The summed E-state index contributed by atoms with van der Waals surface area (Å²) >= 11 is 1.28. The number of hydrogen-bond donors (Lipinski definition) is 1. The second-order valence-corrected chi connectivity index (χ2v) is 8.33. The highest BCUT2D eigenvalue weighted by molar-refractivity contribution is 8.19. The number of ether oxygens (including phenoxy) is 2. The number of thioether (sulfide) groups is 1. The predicted molar refractivity (Wildman–Crippen MR) is 134 cm³/mol. The lowest BCUT2D eigenvalue weighted by atomic mass is 10.1. The Morgan fingerprint density at radius 2 is 1.71 bits per heavy atom. The average Bonchev–Trinajstić information content (AvgIpc) is 3.15. The molecule has 0 bridgehead atoms. The molecule has 0 saturated carbocycles. The van der Waals surface area contributed by atoms with Crippen LogP contribution < -0.4 is 14.4 Å². The molecule has 1 aliphatic heterocycles. The number of para-hydroxylation sites is 2. The van der Waals surface area contributed by atoms with Gasteiger partial charge in [-0.2, -0.15) is 0 Å². The number of carboxylic acid groups (broad SMARTS) is 1. The maximum Gasteiger partial charge on any atom is 0.344 e. The molecule has 0 radical (unpaired) electrons. The summed E-state index contributed by atoms with van der Waals surface area (Å²) in [4.78, 5) is 31.3. The molecule has 1 saturated heterocycles. The first-order chi connectivity index (χ1) is 16.5. The van der Waals surface area contributed by atoms with Crippen LogP contribution in [0.25, 0.3) is 6.08 Å². The van der Waals surface area contributed by atoms with Gasteiger partial charge in [-0.1, -0.05) is 42.5 Å². The van der Waals surface area contributed by atoms with Gasteiger partial charge < -0.3 is 14.6 Å². The molecule has 1 heterocycles. The number of aliphatic carboxylic acids is 1. The first-order valence-electron chi connectivity index (χ1n) is 10.5. The van der Waals surface area contributed by atoms with Crippen LogP contribution in [0.15, 0.2) is 88.8 Å². The van der Waals surface area contributed by atoms with Crippen LogP contribution in [-0.2, 0) is 9.59 Å². The Hall–Kier alpha value is -4.04. The Bertz CT molecular complexity index is 1260. The second kappa shape index (κ2) is 10.3. The fourth-order valence-corrected chi connectivity index (χ4v) is 4.23. The third kappa shape index (κ3) is 5.13. The van der Waals surface area contributed by atoms with E-state index in [2.05, 4.69) is 0 Å². The lowest BCUT2D eigenvalue weighted by molar-refractivity contribution is -0.144. The number of carbonyl (C=O) groups excluding carboxylic acids is 1. The molecule has 3 aromatic carbocycles. The zero-order valence-electron chi connectivity index (χ0n) is 18.5. The highest BCUT2D eigenvalue weighted by Gasteiger charge is 2.34. The molecular formula is C26H22N2O5S. The van der Waals surface area contributed by atoms with Gasteiger partial charge in [0.2, 0.25) is 0 Å². The van der Waals surface area contributed by atoms with Crippen LogP contribution in [0, 0.1) is 0 Å². The molecular weight excluding hydrogens is 452 g/mol. The van der Waals surface area contributed by atoms with Crippen molar-refractivity contribution >= 4 is 46.3 Å². The van der Waals surface area contributed by atoms with Crippen molar-refractivity contribution < 1.29 is 24.2 Å². The summed E-state index contributed by atoms with van der Waals surface area (Å²) in [7, 11) is 1.47. The molecule has 7 nitrogen and oxygen atoms in total.